The smallest absolute Gasteiger partial charge is 0.0783 e. The first-order chi connectivity index (χ1) is 8.49. The van der Waals surface area contributed by atoms with Crippen molar-refractivity contribution in [3.8, 4) is 0 Å². The number of nitrogens with one attached hydrogen (secondary N) is 1. The van der Waals surface area contributed by atoms with Gasteiger partial charge >= 0.3 is 0 Å². The van der Waals surface area contributed by atoms with Crippen LogP contribution in [0.5, 0.6) is 0 Å². The van der Waals surface area contributed by atoms with Gasteiger partial charge in [0.15, 0.2) is 0 Å². The van der Waals surface area contributed by atoms with Crippen LogP contribution < -0.4 is 5.32 Å². The molecule has 106 valence electrons. The minimum Gasteiger partial charge on any atom is -0.374 e. The Bertz CT molecular complexity index is 256. The second-order valence-corrected chi connectivity index (χ2v) is 8.12. The van der Waals surface area contributed by atoms with Gasteiger partial charge in [-0.05, 0) is 71.1 Å². The Hall–Kier alpha value is 0.270. The molecule has 0 aromatic heterocycles. The van der Waals surface area contributed by atoms with Crippen LogP contribution in [0.15, 0.2) is 0 Å². The maximum absolute atomic E-state index is 6.08. The summed E-state index contributed by atoms with van der Waals surface area (Å²) in [5.41, 5.74) is 0.532. The lowest BCUT2D eigenvalue weighted by molar-refractivity contribution is -0.0807. The lowest BCUT2D eigenvalue weighted by atomic mass is 9.83. The third-order valence-electron chi connectivity index (χ3n) is 4.11. The molecule has 0 aromatic carbocycles. The highest BCUT2D eigenvalue weighted by Crippen LogP contribution is 2.41. The van der Waals surface area contributed by atoms with Crippen LogP contribution >= 0.6 is 11.8 Å². The molecule has 18 heavy (non-hydrogen) atoms. The summed E-state index contributed by atoms with van der Waals surface area (Å²) in [6.45, 7) is 8.88. The number of hydrogen-bond donors (Lipinski definition) is 1. The summed E-state index contributed by atoms with van der Waals surface area (Å²) in [5, 5.41) is 3.59. The van der Waals surface area contributed by atoms with Crippen molar-refractivity contribution in [2.24, 2.45) is 5.92 Å². The predicted octanol–water partition coefficient (Wildman–Crippen LogP) is 3.46. The first kappa shape index (κ1) is 14.7. The van der Waals surface area contributed by atoms with Crippen LogP contribution in [-0.4, -0.2) is 35.8 Å². The van der Waals surface area contributed by atoms with Gasteiger partial charge in [0.1, 0.15) is 0 Å². The van der Waals surface area contributed by atoms with E-state index in [9.17, 15) is 0 Å². The summed E-state index contributed by atoms with van der Waals surface area (Å²) in [6, 6.07) is 0. The third-order valence-corrected chi connectivity index (χ3v) is 5.33. The summed E-state index contributed by atoms with van der Waals surface area (Å²) in [4.78, 5) is 0. The third kappa shape index (κ3) is 4.43. The lowest BCUT2D eigenvalue weighted by Gasteiger charge is -2.38. The molecule has 0 bridgehead atoms. The molecule has 2 atom stereocenters. The maximum Gasteiger partial charge on any atom is 0.0783 e. The van der Waals surface area contributed by atoms with Crippen molar-refractivity contribution >= 4 is 11.8 Å². The molecule has 1 spiro atoms. The summed E-state index contributed by atoms with van der Waals surface area (Å²) < 4.78 is 6.08. The van der Waals surface area contributed by atoms with Crippen molar-refractivity contribution < 1.29 is 4.74 Å². The van der Waals surface area contributed by atoms with Gasteiger partial charge in [0, 0.05) is 17.9 Å². The van der Waals surface area contributed by atoms with Crippen molar-refractivity contribution in [1.29, 1.82) is 0 Å². The fourth-order valence-corrected chi connectivity index (χ4v) is 4.47. The molecule has 0 aromatic rings. The van der Waals surface area contributed by atoms with E-state index in [1.807, 2.05) is 0 Å². The Kier molecular flexibility index (Phi) is 5.01. The van der Waals surface area contributed by atoms with Gasteiger partial charge in [-0.25, -0.2) is 0 Å². The summed E-state index contributed by atoms with van der Waals surface area (Å²) >= 11 is 2.08. The molecule has 2 aliphatic rings. The lowest BCUT2D eigenvalue weighted by Crippen LogP contribution is -2.40. The Balaban J connectivity index is 1.67. The summed E-state index contributed by atoms with van der Waals surface area (Å²) in [7, 11) is 0. The monoisotopic (exact) mass is 271 g/mol. The van der Waals surface area contributed by atoms with Gasteiger partial charge in [-0.15, -0.1) is 0 Å². The van der Waals surface area contributed by atoms with E-state index in [1.165, 1.54) is 43.6 Å². The molecule has 0 aliphatic carbocycles. The highest BCUT2D eigenvalue weighted by atomic mass is 32.2. The van der Waals surface area contributed by atoms with Crippen LogP contribution in [0, 0.1) is 5.92 Å². The van der Waals surface area contributed by atoms with E-state index in [0.717, 1.165) is 19.1 Å². The second-order valence-electron chi connectivity index (χ2n) is 7.01. The van der Waals surface area contributed by atoms with E-state index >= 15 is 0 Å². The highest BCUT2D eigenvalue weighted by molar-refractivity contribution is 7.99. The summed E-state index contributed by atoms with van der Waals surface area (Å²) in [6.07, 6.45) is 6.57. The zero-order chi connectivity index (χ0) is 13.1. The van der Waals surface area contributed by atoms with E-state index in [4.69, 9.17) is 4.74 Å². The van der Waals surface area contributed by atoms with E-state index in [0.29, 0.717) is 0 Å². The van der Waals surface area contributed by atoms with E-state index in [-0.39, 0.29) is 11.1 Å². The molecule has 2 unspecified atom stereocenters. The minimum absolute atomic E-state index is 0.263. The molecule has 0 radical (unpaired) electrons. The van der Waals surface area contributed by atoms with Crippen molar-refractivity contribution in [3.63, 3.8) is 0 Å². The normalized spacial score (nSPS) is 33.2. The van der Waals surface area contributed by atoms with Crippen molar-refractivity contribution in [1.82, 2.24) is 5.32 Å². The molecule has 0 amide bonds. The molecule has 2 aliphatic heterocycles. The molecule has 2 rings (SSSR count). The Morgan fingerprint density at radius 3 is 2.89 bits per heavy atom. The van der Waals surface area contributed by atoms with Crippen molar-refractivity contribution in [2.75, 3.05) is 24.7 Å². The molecule has 2 heterocycles. The van der Waals surface area contributed by atoms with Crippen LogP contribution in [-0.2, 0) is 4.74 Å². The van der Waals surface area contributed by atoms with Gasteiger partial charge in [0.2, 0.25) is 0 Å². The number of hydrogen-bond acceptors (Lipinski definition) is 3. The average Bonchev–Trinajstić information content (AvgIpc) is 2.72. The Labute approximate surface area is 117 Å². The molecule has 3 heteroatoms. The molecule has 0 saturated carbocycles. The van der Waals surface area contributed by atoms with Crippen molar-refractivity contribution in [3.05, 3.63) is 0 Å². The molecule has 2 saturated heterocycles. The quantitative estimate of drug-likeness (QED) is 0.791. The molecule has 1 N–H and O–H groups in total. The van der Waals surface area contributed by atoms with Crippen molar-refractivity contribution in [2.45, 2.75) is 64.0 Å². The zero-order valence-electron chi connectivity index (χ0n) is 12.3. The van der Waals surface area contributed by atoms with Crippen LogP contribution in [0.3, 0.4) is 0 Å². The van der Waals surface area contributed by atoms with Gasteiger partial charge < -0.3 is 10.1 Å². The average molecular weight is 271 g/mol. The molecular weight excluding hydrogens is 242 g/mol. The zero-order valence-corrected chi connectivity index (χ0v) is 13.1. The number of rotatable bonds is 4. The standard InChI is InChI=1S/C15H29NOS/c1-14(2,3)16-8-4-5-13-6-9-17-15(11-13)7-10-18-12-15/h13,16H,4-12H2,1-3H3. The van der Waals surface area contributed by atoms with Crippen LogP contribution in [0.1, 0.15) is 52.9 Å². The Morgan fingerprint density at radius 2 is 2.22 bits per heavy atom. The number of ether oxygens (including phenoxy) is 1. The second kappa shape index (κ2) is 6.15. The molecular formula is C15H29NOS. The number of thioether (sulfide) groups is 1. The Morgan fingerprint density at radius 1 is 1.39 bits per heavy atom. The van der Waals surface area contributed by atoms with E-state index in [1.54, 1.807) is 0 Å². The fraction of sp³-hybridized carbons (Fsp3) is 1.00. The van der Waals surface area contributed by atoms with Crippen LogP contribution in [0.4, 0.5) is 0 Å². The van der Waals surface area contributed by atoms with Crippen LogP contribution in [0.2, 0.25) is 0 Å². The van der Waals surface area contributed by atoms with Crippen LogP contribution in [0.25, 0.3) is 0 Å². The summed E-state index contributed by atoms with van der Waals surface area (Å²) in [5.74, 6) is 3.45. The molecule has 2 fully saturated rings. The maximum atomic E-state index is 6.08. The van der Waals surface area contributed by atoms with Gasteiger partial charge in [-0.3, -0.25) is 0 Å². The van der Waals surface area contributed by atoms with E-state index < -0.39 is 0 Å². The minimum atomic E-state index is 0.263. The first-order valence-corrected chi connectivity index (χ1v) is 8.61. The van der Waals surface area contributed by atoms with E-state index in [2.05, 4.69) is 37.8 Å². The fourth-order valence-electron chi connectivity index (χ4n) is 3.09. The SMILES string of the molecule is CC(C)(C)NCCCC1CCOC2(CCSC2)C1. The van der Waals surface area contributed by atoms with Gasteiger partial charge in [0.05, 0.1) is 5.60 Å². The first-order valence-electron chi connectivity index (χ1n) is 7.46. The molecule has 2 nitrogen and oxygen atoms in total. The largest absolute Gasteiger partial charge is 0.374 e. The topological polar surface area (TPSA) is 21.3 Å². The highest BCUT2D eigenvalue weighted by Gasteiger charge is 2.40. The van der Waals surface area contributed by atoms with Gasteiger partial charge in [0.25, 0.3) is 0 Å². The predicted molar refractivity (Wildman–Crippen MR) is 80.3 cm³/mol. The van der Waals surface area contributed by atoms with Gasteiger partial charge in [-0.1, -0.05) is 0 Å². The van der Waals surface area contributed by atoms with Gasteiger partial charge in [-0.2, -0.15) is 11.8 Å².